The van der Waals surface area contributed by atoms with E-state index in [9.17, 15) is 14.7 Å². The summed E-state index contributed by atoms with van der Waals surface area (Å²) in [5, 5.41) is 15.5. The smallest absolute Gasteiger partial charge is 0.251 e. The fourth-order valence-electron chi connectivity index (χ4n) is 3.72. The molecule has 1 aliphatic rings. The van der Waals surface area contributed by atoms with Crippen molar-refractivity contribution in [3.8, 4) is 11.5 Å². The Bertz CT molecular complexity index is 1130. The van der Waals surface area contributed by atoms with Crippen LogP contribution in [0.1, 0.15) is 22.3 Å². The molecule has 3 aromatic carbocycles. The van der Waals surface area contributed by atoms with E-state index in [1.807, 2.05) is 60.7 Å². The van der Waals surface area contributed by atoms with Crippen molar-refractivity contribution in [3.05, 3.63) is 108 Å². The quantitative estimate of drug-likeness (QED) is 0.414. The van der Waals surface area contributed by atoms with Crippen molar-refractivity contribution in [3.63, 3.8) is 0 Å². The van der Waals surface area contributed by atoms with Gasteiger partial charge in [-0.1, -0.05) is 60.7 Å². The van der Waals surface area contributed by atoms with Gasteiger partial charge in [0.05, 0.1) is 25.2 Å². The lowest BCUT2D eigenvalue weighted by atomic mass is 10.0. The summed E-state index contributed by atoms with van der Waals surface area (Å²) in [6.07, 6.45) is 2.51. The molecule has 7 heteroatoms. The van der Waals surface area contributed by atoms with E-state index in [1.54, 1.807) is 36.4 Å². The molecule has 0 spiro atoms. The molecule has 0 radical (unpaired) electrons. The van der Waals surface area contributed by atoms with Gasteiger partial charge in [0.2, 0.25) is 5.91 Å². The molecule has 0 unspecified atom stereocenters. The molecule has 0 bridgehead atoms. The first-order valence-electron chi connectivity index (χ1n) is 11.5. The molecule has 0 aromatic heterocycles. The highest BCUT2D eigenvalue weighted by Gasteiger charge is 2.29. The van der Waals surface area contributed by atoms with E-state index in [-0.39, 0.29) is 24.8 Å². The molecular formula is C28H28N2O5. The van der Waals surface area contributed by atoms with Crippen LogP contribution in [0.3, 0.4) is 0 Å². The maximum Gasteiger partial charge on any atom is 0.251 e. The summed E-state index contributed by atoms with van der Waals surface area (Å²) in [7, 11) is 0. The number of benzene rings is 3. The van der Waals surface area contributed by atoms with Gasteiger partial charge in [0, 0.05) is 12.1 Å². The highest BCUT2D eigenvalue weighted by Crippen LogP contribution is 2.21. The van der Waals surface area contributed by atoms with Gasteiger partial charge in [-0.25, -0.2) is 0 Å². The molecule has 0 fully saturated rings. The van der Waals surface area contributed by atoms with Crippen molar-refractivity contribution in [1.82, 2.24) is 10.6 Å². The van der Waals surface area contributed by atoms with Crippen LogP contribution in [0.5, 0.6) is 11.5 Å². The average Bonchev–Trinajstić information content (AvgIpc) is 2.90. The predicted molar refractivity (Wildman–Crippen MR) is 132 cm³/mol. The normalized spacial score (nSPS) is 19.1. The summed E-state index contributed by atoms with van der Waals surface area (Å²) >= 11 is 0. The summed E-state index contributed by atoms with van der Waals surface area (Å²) in [5.74, 6) is 1.06. The van der Waals surface area contributed by atoms with Gasteiger partial charge in [-0.2, -0.15) is 0 Å². The van der Waals surface area contributed by atoms with Gasteiger partial charge < -0.3 is 25.2 Å². The van der Waals surface area contributed by atoms with Gasteiger partial charge in [0.25, 0.3) is 5.91 Å². The van der Waals surface area contributed by atoms with E-state index in [4.69, 9.17) is 9.47 Å². The van der Waals surface area contributed by atoms with E-state index in [0.717, 1.165) is 17.1 Å². The third kappa shape index (κ3) is 7.02. The van der Waals surface area contributed by atoms with Gasteiger partial charge in [-0.3, -0.25) is 9.59 Å². The summed E-state index contributed by atoms with van der Waals surface area (Å²) < 4.78 is 11.6. The van der Waals surface area contributed by atoms with E-state index >= 15 is 0 Å². The molecule has 3 atom stereocenters. The van der Waals surface area contributed by atoms with Gasteiger partial charge in [-0.15, -0.1) is 0 Å². The fourth-order valence-corrected chi connectivity index (χ4v) is 3.72. The number of nitrogens with one attached hydrogen (secondary N) is 2. The number of hydrogen-bond acceptors (Lipinski definition) is 5. The van der Waals surface area contributed by atoms with Crippen molar-refractivity contribution in [2.75, 3.05) is 6.61 Å². The number of aliphatic hydroxyl groups excluding tert-OH is 1. The van der Waals surface area contributed by atoms with Gasteiger partial charge in [-0.05, 0) is 42.0 Å². The van der Waals surface area contributed by atoms with Gasteiger partial charge in [0.15, 0.2) is 0 Å². The number of hydrogen-bond donors (Lipinski definition) is 3. The SMILES string of the molecule is O=C(C[C@H]1C=C[C@@H](NC(=O)c2ccccc2)[C@@H](CO)O1)NCc1ccc(Oc2ccccc2)cc1. The molecule has 0 saturated heterocycles. The second-order valence-corrected chi connectivity index (χ2v) is 8.19. The number of rotatable bonds is 9. The lowest BCUT2D eigenvalue weighted by Crippen LogP contribution is -2.49. The van der Waals surface area contributed by atoms with Gasteiger partial charge in [0.1, 0.15) is 17.6 Å². The zero-order chi connectivity index (χ0) is 24.5. The Morgan fingerprint density at radius 2 is 1.51 bits per heavy atom. The first-order valence-corrected chi connectivity index (χ1v) is 11.5. The number of carbonyl (C=O) groups excluding carboxylic acids is 2. The van der Waals surface area contributed by atoms with Crippen molar-refractivity contribution in [2.45, 2.75) is 31.2 Å². The molecule has 4 rings (SSSR count). The number of ether oxygens (including phenoxy) is 2. The zero-order valence-electron chi connectivity index (χ0n) is 19.2. The molecule has 7 nitrogen and oxygen atoms in total. The maximum absolute atomic E-state index is 12.5. The average molecular weight is 473 g/mol. The number of para-hydroxylation sites is 1. The number of amides is 2. The van der Waals surface area contributed by atoms with Crippen LogP contribution in [-0.2, 0) is 16.1 Å². The molecule has 1 aliphatic heterocycles. The molecule has 35 heavy (non-hydrogen) atoms. The third-order valence-electron chi connectivity index (χ3n) is 5.58. The van der Waals surface area contributed by atoms with E-state index < -0.39 is 18.2 Å². The lowest BCUT2D eigenvalue weighted by molar-refractivity contribution is -0.125. The van der Waals surface area contributed by atoms with Crippen molar-refractivity contribution in [2.24, 2.45) is 0 Å². The van der Waals surface area contributed by atoms with Crippen molar-refractivity contribution >= 4 is 11.8 Å². The fraction of sp³-hybridized carbons (Fsp3) is 0.214. The summed E-state index contributed by atoms with van der Waals surface area (Å²) in [6, 6.07) is 25.4. The Labute approximate surface area is 204 Å². The van der Waals surface area contributed by atoms with Crippen molar-refractivity contribution in [1.29, 1.82) is 0 Å². The standard InChI is InChI=1S/C28H28N2O5/c31-19-26-25(30-28(33)21-7-3-1-4-8-21)16-15-24(35-26)17-27(32)29-18-20-11-13-23(14-12-20)34-22-9-5-2-6-10-22/h1-16,24-26,31H,17-19H2,(H,29,32)(H,30,33)/t24-,25-,26-/m1/s1. The molecular weight excluding hydrogens is 444 g/mol. The highest BCUT2D eigenvalue weighted by molar-refractivity contribution is 5.94. The third-order valence-corrected chi connectivity index (χ3v) is 5.58. The molecule has 180 valence electrons. The topological polar surface area (TPSA) is 96.9 Å². The van der Waals surface area contributed by atoms with Crippen LogP contribution in [-0.4, -0.2) is 41.8 Å². The van der Waals surface area contributed by atoms with Crippen LogP contribution >= 0.6 is 0 Å². The summed E-state index contributed by atoms with van der Waals surface area (Å²) in [6.45, 7) is 0.0969. The molecule has 0 aliphatic carbocycles. The lowest BCUT2D eigenvalue weighted by Gasteiger charge is -2.31. The Hall–Kier alpha value is -3.94. The summed E-state index contributed by atoms with van der Waals surface area (Å²) in [5.41, 5.74) is 1.47. The molecule has 0 saturated carbocycles. The molecule has 2 amide bonds. The monoisotopic (exact) mass is 472 g/mol. The maximum atomic E-state index is 12.5. The predicted octanol–water partition coefficient (Wildman–Crippen LogP) is 3.60. The highest BCUT2D eigenvalue weighted by atomic mass is 16.5. The zero-order valence-corrected chi connectivity index (χ0v) is 19.2. The Morgan fingerprint density at radius 1 is 0.857 bits per heavy atom. The van der Waals surface area contributed by atoms with E-state index in [0.29, 0.717) is 12.1 Å². The first-order chi connectivity index (χ1) is 17.1. The molecule has 3 N–H and O–H groups in total. The largest absolute Gasteiger partial charge is 0.457 e. The minimum atomic E-state index is -0.636. The first kappa shape index (κ1) is 24.2. The Balaban J connectivity index is 1.24. The van der Waals surface area contributed by atoms with Crippen LogP contribution in [0.25, 0.3) is 0 Å². The van der Waals surface area contributed by atoms with Gasteiger partial charge >= 0.3 is 0 Å². The minimum absolute atomic E-state index is 0.113. The second kappa shape index (κ2) is 12.0. The van der Waals surface area contributed by atoms with E-state index in [1.165, 1.54) is 0 Å². The van der Waals surface area contributed by atoms with Crippen LogP contribution in [0.4, 0.5) is 0 Å². The van der Waals surface area contributed by atoms with Crippen LogP contribution in [0.2, 0.25) is 0 Å². The minimum Gasteiger partial charge on any atom is -0.457 e. The molecule has 1 heterocycles. The Morgan fingerprint density at radius 3 is 2.20 bits per heavy atom. The van der Waals surface area contributed by atoms with Crippen LogP contribution in [0.15, 0.2) is 97.1 Å². The van der Waals surface area contributed by atoms with Crippen molar-refractivity contribution < 1.29 is 24.2 Å². The Kier molecular flexibility index (Phi) is 8.27. The molecule has 3 aromatic rings. The number of carbonyl (C=O) groups is 2. The van der Waals surface area contributed by atoms with Crippen LogP contribution in [0, 0.1) is 0 Å². The van der Waals surface area contributed by atoms with Crippen LogP contribution < -0.4 is 15.4 Å². The second-order valence-electron chi connectivity index (χ2n) is 8.19. The number of aliphatic hydroxyl groups is 1. The summed E-state index contributed by atoms with van der Waals surface area (Å²) in [4.78, 5) is 24.9. The van der Waals surface area contributed by atoms with E-state index in [2.05, 4.69) is 10.6 Å².